The van der Waals surface area contributed by atoms with Crippen LogP contribution in [0.4, 0.5) is 0 Å². The summed E-state index contributed by atoms with van der Waals surface area (Å²) in [4.78, 5) is 0. The highest BCUT2D eigenvalue weighted by atomic mass is 15.1. The van der Waals surface area contributed by atoms with Gasteiger partial charge in [-0.05, 0) is 12.8 Å². The average molecular weight is 126 g/mol. The molecular formula is C7H14N2. The van der Waals surface area contributed by atoms with E-state index in [1.807, 2.05) is 0 Å². The van der Waals surface area contributed by atoms with Crippen LogP contribution in [0.15, 0.2) is 0 Å². The first-order valence-corrected chi connectivity index (χ1v) is 3.92. The van der Waals surface area contributed by atoms with Crippen LogP contribution in [0.1, 0.15) is 19.3 Å². The molecule has 2 unspecified atom stereocenters. The lowest BCUT2D eigenvalue weighted by Gasteiger charge is -1.92. The van der Waals surface area contributed by atoms with Crippen LogP contribution < -0.4 is 10.6 Å². The number of rotatable bonds is 4. The Morgan fingerprint density at radius 2 is 1.44 bits per heavy atom. The molecule has 52 valence electrons. The van der Waals surface area contributed by atoms with Gasteiger partial charge in [-0.3, -0.25) is 0 Å². The minimum Gasteiger partial charge on any atom is -0.311 e. The second kappa shape index (κ2) is 2.27. The fourth-order valence-electron chi connectivity index (χ4n) is 1.19. The van der Waals surface area contributed by atoms with Crippen LogP contribution in [0.3, 0.4) is 0 Å². The van der Waals surface area contributed by atoms with Crippen molar-refractivity contribution in [3.05, 3.63) is 0 Å². The van der Waals surface area contributed by atoms with Crippen molar-refractivity contribution in [2.24, 2.45) is 0 Å². The Morgan fingerprint density at radius 1 is 1.00 bits per heavy atom. The van der Waals surface area contributed by atoms with Crippen molar-refractivity contribution in [1.29, 1.82) is 0 Å². The Labute approximate surface area is 56.0 Å². The van der Waals surface area contributed by atoms with E-state index in [9.17, 15) is 0 Å². The van der Waals surface area contributed by atoms with Crippen LogP contribution in [0, 0.1) is 0 Å². The van der Waals surface area contributed by atoms with E-state index < -0.39 is 0 Å². The molecule has 2 N–H and O–H groups in total. The first kappa shape index (κ1) is 5.69. The van der Waals surface area contributed by atoms with Gasteiger partial charge >= 0.3 is 0 Å². The van der Waals surface area contributed by atoms with E-state index in [-0.39, 0.29) is 0 Å². The van der Waals surface area contributed by atoms with Crippen molar-refractivity contribution in [2.75, 3.05) is 13.1 Å². The van der Waals surface area contributed by atoms with Gasteiger partial charge in [-0.2, -0.15) is 0 Å². The lowest BCUT2D eigenvalue weighted by atomic mass is 10.1. The largest absolute Gasteiger partial charge is 0.311 e. The lowest BCUT2D eigenvalue weighted by Crippen LogP contribution is -1.94. The van der Waals surface area contributed by atoms with Crippen molar-refractivity contribution >= 4 is 0 Å². The molecule has 0 aliphatic carbocycles. The minimum absolute atomic E-state index is 0.892. The zero-order valence-corrected chi connectivity index (χ0v) is 5.69. The molecule has 2 nitrogen and oxygen atoms in total. The quantitative estimate of drug-likeness (QED) is 0.525. The number of hydrogen-bond donors (Lipinski definition) is 2. The molecule has 0 aromatic carbocycles. The third kappa shape index (κ3) is 1.95. The van der Waals surface area contributed by atoms with Gasteiger partial charge in [0.1, 0.15) is 0 Å². The van der Waals surface area contributed by atoms with E-state index in [4.69, 9.17) is 0 Å². The molecule has 2 atom stereocenters. The van der Waals surface area contributed by atoms with Crippen LogP contribution in [0.2, 0.25) is 0 Å². The third-order valence-corrected chi connectivity index (χ3v) is 2.09. The van der Waals surface area contributed by atoms with E-state index in [0.717, 1.165) is 12.1 Å². The summed E-state index contributed by atoms with van der Waals surface area (Å²) in [5, 5.41) is 6.62. The summed E-state index contributed by atoms with van der Waals surface area (Å²) >= 11 is 0. The molecule has 2 fully saturated rings. The molecule has 0 aromatic rings. The molecule has 2 heteroatoms. The van der Waals surface area contributed by atoms with Gasteiger partial charge < -0.3 is 10.6 Å². The minimum atomic E-state index is 0.892. The second-order valence-electron chi connectivity index (χ2n) is 3.14. The first-order valence-electron chi connectivity index (χ1n) is 3.92. The Balaban J connectivity index is 1.46. The summed E-state index contributed by atoms with van der Waals surface area (Å²) < 4.78 is 0. The highest BCUT2D eigenvalue weighted by molar-refractivity contribution is 4.86. The predicted octanol–water partition coefficient (Wildman–Crippen LogP) is 0.100. The molecule has 2 saturated heterocycles. The highest BCUT2D eigenvalue weighted by Gasteiger charge is 2.22. The van der Waals surface area contributed by atoms with Gasteiger partial charge in [0.2, 0.25) is 0 Å². The Morgan fingerprint density at radius 3 is 1.78 bits per heavy atom. The van der Waals surface area contributed by atoms with Crippen LogP contribution in [0.5, 0.6) is 0 Å². The third-order valence-electron chi connectivity index (χ3n) is 2.09. The predicted molar refractivity (Wildman–Crippen MR) is 37.4 cm³/mol. The molecule has 2 aliphatic rings. The van der Waals surface area contributed by atoms with Crippen LogP contribution in [-0.4, -0.2) is 25.2 Å². The normalized spacial score (nSPS) is 38.7. The molecular weight excluding hydrogens is 112 g/mol. The van der Waals surface area contributed by atoms with Gasteiger partial charge in [-0.15, -0.1) is 0 Å². The van der Waals surface area contributed by atoms with Gasteiger partial charge in [0.15, 0.2) is 0 Å². The maximum absolute atomic E-state index is 3.31. The lowest BCUT2D eigenvalue weighted by molar-refractivity contribution is 0.663. The summed E-state index contributed by atoms with van der Waals surface area (Å²) in [6.45, 7) is 2.55. The molecule has 2 heterocycles. The van der Waals surface area contributed by atoms with Crippen molar-refractivity contribution in [3.8, 4) is 0 Å². The molecule has 2 rings (SSSR count). The van der Waals surface area contributed by atoms with Crippen LogP contribution >= 0.6 is 0 Å². The molecule has 0 bridgehead atoms. The molecule has 0 radical (unpaired) electrons. The van der Waals surface area contributed by atoms with Crippen molar-refractivity contribution in [2.45, 2.75) is 31.3 Å². The topological polar surface area (TPSA) is 43.9 Å². The zero-order chi connectivity index (χ0) is 6.10. The molecule has 0 aromatic heterocycles. The molecule has 9 heavy (non-hydrogen) atoms. The number of hydrogen-bond acceptors (Lipinski definition) is 2. The maximum atomic E-state index is 3.31. The summed E-state index contributed by atoms with van der Waals surface area (Å²) in [6.07, 6.45) is 4.21. The molecule has 0 amide bonds. The summed E-state index contributed by atoms with van der Waals surface area (Å²) in [5.41, 5.74) is 0. The van der Waals surface area contributed by atoms with E-state index in [0.29, 0.717) is 0 Å². The monoisotopic (exact) mass is 126 g/mol. The molecule has 0 saturated carbocycles. The standard InChI is InChI=1S/C7H14N2/c1(2-6-4-8-6)3-7-5-9-7/h6-9H,1-5H2. The van der Waals surface area contributed by atoms with Crippen molar-refractivity contribution in [1.82, 2.24) is 10.6 Å². The Kier molecular flexibility index (Phi) is 1.44. The van der Waals surface area contributed by atoms with E-state index in [2.05, 4.69) is 10.6 Å². The zero-order valence-electron chi connectivity index (χ0n) is 5.69. The van der Waals surface area contributed by atoms with Crippen LogP contribution in [-0.2, 0) is 0 Å². The highest BCUT2D eigenvalue weighted by Crippen LogP contribution is 2.12. The Bertz CT molecular complexity index is 83.1. The summed E-state index contributed by atoms with van der Waals surface area (Å²) in [7, 11) is 0. The van der Waals surface area contributed by atoms with E-state index >= 15 is 0 Å². The maximum Gasteiger partial charge on any atom is 0.0193 e. The Hall–Kier alpha value is -0.0800. The summed E-state index contributed by atoms with van der Waals surface area (Å²) in [6, 6.07) is 1.78. The van der Waals surface area contributed by atoms with Crippen molar-refractivity contribution in [3.63, 3.8) is 0 Å². The fourth-order valence-corrected chi connectivity index (χ4v) is 1.19. The van der Waals surface area contributed by atoms with Crippen LogP contribution in [0.25, 0.3) is 0 Å². The van der Waals surface area contributed by atoms with Gasteiger partial charge in [0.05, 0.1) is 0 Å². The van der Waals surface area contributed by atoms with E-state index in [1.54, 1.807) is 0 Å². The second-order valence-corrected chi connectivity index (χ2v) is 3.14. The number of nitrogens with one attached hydrogen (secondary N) is 2. The SMILES string of the molecule is C(CC1CN1)CC1CN1. The van der Waals surface area contributed by atoms with Gasteiger partial charge in [0.25, 0.3) is 0 Å². The van der Waals surface area contributed by atoms with Gasteiger partial charge in [-0.25, -0.2) is 0 Å². The molecule has 2 aliphatic heterocycles. The van der Waals surface area contributed by atoms with Gasteiger partial charge in [0, 0.05) is 25.2 Å². The molecule has 0 spiro atoms. The fraction of sp³-hybridized carbons (Fsp3) is 1.00. The smallest absolute Gasteiger partial charge is 0.0193 e. The van der Waals surface area contributed by atoms with Crippen molar-refractivity contribution < 1.29 is 0 Å². The average Bonchev–Trinajstić information content (AvgIpc) is 2.57. The first-order chi connectivity index (χ1) is 4.45. The van der Waals surface area contributed by atoms with Gasteiger partial charge in [-0.1, -0.05) is 6.42 Å². The summed E-state index contributed by atoms with van der Waals surface area (Å²) in [5.74, 6) is 0. The van der Waals surface area contributed by atoms with E-state index in [1.165, 1.54) is 32.4 Å².